The number of halogens is 1. The summed E-state index contributed by atoms with van der Waals surface area (Å²) >= 11 is 3.90. The van der Waals surface area contributed by atoms with Crippen LogP contribution in [0.25, 0.3) is 11.3 Å². The molecule has 1 amide bonds. The zero-order chi connectivity index (χ0) is 24.0. The van der Waals surface area contributed by atoms with E-state index in [9.17, 15) is 9.00 Å². The lowest BCUT2D eigenvalue weighted by molar-refractivity contribution is 0.102. The fourth-order valence-electron chi connectivity index (χ4n) is 3.09. The predicted molar refractivity (Wildman–Crippen MR) is 130 cm³/mol. The number of nitrogens with one attached hydrogen (secondary N) is 1. The first kappa shape index (κ1) is 24.9. The van der Waals surface area contributed by atoms with Crippen LogP contribution in [0.1, 0.15) is 42.8 Å². The normalized spacial score (nSPS) is 12.9. The number of hydrogen-bond acceptors (Lipinski definition) is 5. The highest BCUT2D eigenvalue weighted by molar-refractivity contribution is 7.74. The van der Waals surface area contributed by atoms with Gasteiger partial charge in [-0.05, 0) is 55.3 Å². The minimum Gasteiger partial charge on any atom is -0.493 e. The standard InChI is InChI=1S/C24H25ClN2O5S/c1-15(2)14-31-23-12-17(7-9-19(23)16(3)32-33(29)30)24(28)27-18-8-10-21(25)20(13-18)22-6-4-5-11-26-22/h4-13,15-16H,14H2,1-3H3,(H,27,28)(H,29,30). The topological polar surface area (TPSA) is 97.8 Å². The molecule has 0 spiro atoms. The third-order valence-corrected chi connectivity index (χ3v) is 5.46. The number of benzene rings is 2. The van der Waals surface area contributed by atoms with E-state index in [2.05, 4.69) is 10.3 Å². The predicted octanol–water partition coefficient (Wildman–Crippen LogP) is 5.90. The lowest BCUT2D eigenvalue weighted by atomic mass is 10.1. The third-order valence-electron chi connectivity index (χ3n) is 4.68. The molecule has 3 aromatic rings. The van der Waals surface area contributed by atoms with Gasteiger partial charge in [-0.1, -0.05) is 37.6 Å². The molecule has 0 saturated carbocycles. The van der Waals surface area contributed by atoms with Gasteiger partial charge in [0, 0.05) is 28.6 Å². The Morgan fingerprint density at radius 3 is 2.61 bits per heavy atom. The van der Waals surface area contributed by atoms with E-state index >= 15 is 0 Å². The van der Waals surface area contributed by atoms with Crippen molar-refractivity contribution in [1.29, 1.82) is 0 Å². The van der Waals surface area contributed by atoms with E-state index in [1.807, 2.05) is 32.0 Å². The van der Waals surface area contributed by atoms with Crippen molar-refractivity contribution in [1.82, 2.24) is 4.98 Å². The maximum atomic E-state index is 13.0. The Morgan fingerprint density at radius 2 is 1.94 bits per heavy atom. The summed E-state index contributed by atoms with van der Waals surface area (Å²) in [5, 5.41) is 3.39. The Balaban J connectivity index is 1.86. The molecule has 3 rings (SSSR count). The molecule has 174 valence electrons. The van der Waals surface area contributed by atoms with E-state index < -0.39 is 17.5 Å². The smallest absolute Gasteiger partial charge is 0.302 e. The molecule has 0 aliphatic carbocycles. The van der Waals surface area contributed by atoms with Crippen molar-refractivity contribution in [2.45, 2.75) is 26.9 Å². The van der Waals surface area contributed by atoms with Crippen molar-refractivity contribution in [2.24, 2.45) is 5.92 Å². The molecular weight excluding hydrogens is 464 g/mol. The van der Waals surface area contributed by atoms with E-state index in [-0.39, 0.29) is 11.8 Å². The minimum atomic E-state index is -2.43. The summed E-state index contributed by atoms with van der Waals surface area (Å²) in [6, 6.07) is 15.6. The van der Waals surface area contributed by atoms with Crippen molar-refractivity contribution >= 4 is 34.6 Å². The third kappa shape index (κ3) is 6.85. The van der Waals surface area contributed by atoms with Gasteiger partial charge < -0.3 is 10.1 Å². The summed E-state index contributed by atoms with van der Waals surface area (Å²) in [7, 11) is 0. The number of anilines is 1. The molecule has 0 bridgehead atoms. The molecule has 0 saturated heterocycles. The first-order valence-electron chi connectivity index (χ1n) is 10.3. The lowest BCUT2D eigenvalue weighted by Crippen LogP contribution is -2.14. The Labute approximate surface area is 200 Å². The molecule has 1 aromatic heterocycles. The van der Waals surface area contributed by atoms with E-state index in [1.54, 1.807) is 49.5 Å². The zero-order valence-electron chi connectivity index (χ0n) is 18.4. The number of nitrogens with zero attached hydrogens (tertiary/aromatic N) is 1. The van der Waals surface area contributed by atoms with Crippen LogP contribution in [0.4, 0.5) is 5.69 Å². The van der Waals surface area contributed by atoms with E-state index in [4.69, 9.17) is 25.1 Å². The van der Waals surface area contributed by atoms with Gasteiger partial charge in [-0.25, -0.2) is 0 Å². The van der Waals surface area contributed by atoms with Gasteiger partial charge in [0.05, 0.1) is 17.3 Å². The van der Waals surface area contributed by atoms with E-state index in [1.165, 1.54) is 0 Å². The van der Waals surface area contributed by atoms with Crippen molar-refractivity contribution in [2.75, 3.05) is 11.9 Å². The number of hydrogen-bond donors (Lipinski definition) is 2. The number of carbonyl (C=O) groups excluding carboxylic acids is 1. The molecule has 0 aliphatic heterocycles. The highest BCUT2D eigenvalue weighted by atomic mass is 35.5. The number of ether oxygens (including phenoxy) is 1. The van der Waals surface area contributed by atoms with Crippen LogP contribution in [-0.4, -0.2) is 26.3 Å². The molecule has 2 unspecified atom stereocenters. The number of carbonyl (C=O) groups is 1. The van der Waals surface area contributed by atoms with Crippen LogP contribution in [0, 0.1) is 5.92 Å². The molecule has 2 N–H and O–H groups in total. The second kappa shape index (κ2) is 11.4. The Kier molecular flexibility index (Phi) is 8.57. The van der Waals surface area contributed by atoms with Gasteiger partial charge in [0.1, 0.15) is 11.9 Å². The maximum absolute atomic E-state index is 13.0. The maximum Gasteiger partial charge on any atom is 0.302 e. The molecule has 0 fully saturated rings. The van der Waals surface area contributed by atoms with Crippen LogP contribution in [0.2, 0.25) is 5.02 Å². The average molecular weight is 489 g/mol. The molecule has 2 aromatic carbocycles. The first-order valence-corrected chi connectivity index (χ1v) is 11.7. The average Bonchev–Trinajstić information content (AvgIpc) is 2.78. The second-order valence-electron chi connectivity index (χ2n) is 7.78. The quantitative estimate of drug-likeness (QED) is 0.364. The minimum absolute atomic E-state index is 0.248. The highest BCUT2D eigenvalue weighted by Gasteiger charge is 2.18. The summed E-state index contributed by atoms with van der Waals surface area (Å²) < 4.78 is 31.0. The summed E-state index contributed by atoms with van der Waals surface area (Å²) in [5.74, 6) is 0.321. The largest absolute Gasteiger partial charge is 0.493 e. The number of aromatic nitrogens is 1. The van der Waals surface area contributed by atoms with Crippen molar-refractivity contribution in [3.05, 3.63) is 76.9 Å². The van der Waals surface area contributed by atoms with Gasteiger partial charge in [-0.15, -0.1) is 0 Å². The van der Waals surface area contributed by atoms with Crippen molar-refractivity contribution in [3.8, 4) is 17.0 Å². The summed E-state index contributed by atoms with van der Waals surface area (Å²) in [5.41, 5.74) is 2.89. The molecule has 9 heteroatoms. The van der Waals surface area contributed by atoms with Gasteiger partial charge in [-0.2, -0.15) is 4.21 Å². The van der Waals surface area contributed by atoms with Crippen LogP contribution >= 0.6 is 11.6 Å². The van der Waals surface area contributed by atoms with Crippen LogP contribution < -0.4 is 10.1 Å². The molecule has 33 heavy (non-hydrogen) atoms. The van der Waals surface area contributed by atoms with E-state index in [0.717, 1.165) is 0 Å². The summed E-state index contributed by atoms with van der Waals surface area (Å²) in [4.78, 5) is 17.3. The molecule has 0 radical (unpaired) electrons. The van der Waals surface area contributed by atoms with Crippen molar-refractivity contribution < 1.29 is 22.5 Å². The van der Waals surface area contributed by atoms with Crippen LogP contribution in [-0.2, 0) is 15.5 Å². The van der Waals surface area contributed by atoms with Gasteiger partial charge in [0.2, 0.25) is 0 Å². The molecule has 7 nitrogen and oxygen atoms in total. The molecule has 1 heterocycles. The van der Waals surface area contributed by atoms with Crippen LogP contribution in [0.3, 0.4) is 0 Å². The fourth-order valence-corrected chi connectivity index (χ4v) is 3.66. The van der Waals surface area contributed by atoms with Crippen LogP contribution in [0.5, 0.6) is 5.75 Å². The molecule has 0 aliphatic rings. The van der Waals surface area contributed by atoms with Gasteiger partial charge in [-0.3, -0.25) is 18.5 Å². The number of rotatable bonds is 9. The van der Waals surface area contributed by atoms with Gasteiger partial charge in [0.15, 0.2) is 0 Å². The highest BCUT2D eigenvalue weighted by Crippen LogP contribution is 2.31. The number of pyridine rings is 1. The Hall–Kier alpha value is -2.78. The Bertz CT molecular complexity index is 1140. The lowest BCUT2D eigenvalue weighted by Gasteiger charge is -2.18. The van der Waals surface area contributed by atoms with Gasteiger partial charge >= 0.3 is 11.4 Å². The summed E-state index contributed by atoms with van der Waals surface area (Å²) in [6.45, 7) is 6.05. The zero-order valence-corrected chi connectivity index (χ0v) is 20.0. The summed E-state index contributed by atoms with van der Waals surface area (Å²) in [6.07, 6.45) is 0.973. The molecule has 2 atom stereocenters. The Morgan fingerprint density at radius 1 is 1.15 bits per heavy atom. The van der Waals surface area contributed by atoms with Gasteiger partial charge in [0.25, 0.3) is 5.91 Å². The van der Waals surface area contributed by atoms with E-state index in [0.29, 0.717) is 45.5 Å². The second-order valence-corrected chi connectivity index (χ2v) is 8.81. The van der Waals surface area contributed by atoms with Crippen LogP contribution in [0.15, 0.2) is 60.8 Å². The molecular formula is C24H25ClN2O5S. The number of amides is 1. The monoisotopic (exact) mass is 488 g/mol. The first-order chi connectivity index (χ1) is 15.7. The fraction of sp³-hybridized carbons (Fsp3) is 0.250. The SMILES string of the molecule is CC(C)COc1cc(C(=O)Nc2ccc(Cl)c(-c3ccccn3)c2)ccc1C(C)OS(=O)O. The van der Waals surface area contributed by atoms with Crippen molar-refractivity contribution in [3.63, 3.8) is 0 Å².